The van der Waals surface area contributed by atoms with Gasteiger partial charge in [0.05, 0.1) is 12.7 Å². The molecule has 0 aliphatic heterocycles. The highest BCUT2D eigenvalue weighted by molar-refractivity contribution is 4.66. The quantitative estimate of drug-likeness (QED) is 0.618. The molecular weight excluding hydrogens is 198 g/mol. The lowest BCUT2D eigenvalue weighted by Crippen LogP contribution is -2.35. The Morgan fingerprint density at radius 3 is 2.25 bits per heavy atom. The summed E-state index contributed by atoms with van der Waals surface area (Å²) in [6.07, 6.45) is 5.19. The molecule has 0 spiro atoms. The maximum Gasteiger partial charge on any atom is 0.0623 e. The van der Waals surface area contributed by atoms with E-state index >= 15 is 0 Å². The van der Waals surface area contributed by atoms with E-state index < -0.39 is 0 Å². The molecule has 0 fully saturated rings. The lowest BCUT2D eigenvalue weighted by Gasteiger charge is -2.21. The highest BCUT2D eigenvalue weighted by Crippen LogP contribution is 2.08. The van der Waals surface area contributed by atoms with Gasteiger partial charge in [0, 0.05) is 6.04 Å². The fourth-order valence-corrected chi connectivity index (χ4v) is 1.95. The van der Waals surface area contributed by atoms with Crippen molar-refractivity contribution in [2.24, 2.45) is 5.92 Å². The minimum Gasteiger partial charge on any atom is -0.377 e. The molecule has 0 aromatic rings. The molecule has 0 radical (unpaired) electrons. The molecule has 0 aliphatic rings. The van der Waals surface area contributed by atoms with Crippen molar-refractivity contribution in [2.45, 2.75) is 72.4 Å². The fourth-order valence-electron chi connectivity index (χ4n) is 1.95. The van der Waals surface area contributed by atoms with E-state index in [1.807, 2.05) is 0 Å². The van der Waals surface area contributed by atoms with Crippen LogP contribution >= 0.6 is 0 Å². The van der Waals surface area contributed by atoms with Gasteiger partial charge in [-0.1, -0.05) is 34.1 Å². The average molecular weight is 229 g/mol. The van der Waals surface area contributed by atoms with Crippen LogP contribution in [0.2, 0.25) is 0 Å². The molecule has 1 N–H and O–H groups in total. The third-order valence-electron chi connectivity index (χ3n) is 2.71. The number of nitrogens with one attached hydrogen (secondary N) is 1. The summed E-state index contributed by atoms with van der Waals surface area (Å²) in [5.74, 6) is 0.725. The van der Waals surface area contributed by atoms with Crippen molar-refractivity contribution < 1.29 is 4.74 Å². The maximum atomic E-state index is 5.90. The molecular formula is C14H31NO. The van der Waals surface area contributed by atoms with Crippen molar-refractivity contribution >= 4 is 0 Å². The minimum absolute atomic E-state index is 0.391. The fraction of sp³-hybridized carbons (Fsp3) is 1.00. The van der Waals surface area contributed by atoms with E-state index in [0.717, 1.165) is 25.5 Å². The van der Waals surface area contributed by atoms with Crippen molar-refractivity contribution in [1.82, 2.24) is 5.32 Å². The van der Waals surface area contributed by atoms with Crippen LogP contribution in [0.3, 0.4) is 0 Å². The van der Waals surface area contributed by atoms with Crippen molar-refractivity contribution in [1.29, 1.82) is 0 Å². The highest BCUT2D eigenvalue weighted by Gasteiger charge is 2.10. The van der Waals surface area contributed by atoms with Crippen LogP contribution in [-0.4, -0.2) is 25.3 Å². The number of hydrogen-bond donors (Lipinski definition) is 1. The third kappa shape index (κ3) is 9.17. The van der Waals surface area contributed by atoms with Crippen molar-refractivity contribution in [3.8, 4) is 0 Å². The van der Waals surface area contributed by atoms with Crippen LogP contribution in [0.1, 0.15) is 60.3 Å². The summed E-state index contributed by atoms with van der Waals surface area (Å²) in [6, 6.07) is 0.541. The monoisotopic (exact) mass is 229 g/mol. The Kier molecular flexibility index (Phi) is 10.0. The summed E-state index contributed by atoms with van der Waals surface area (Å²) in [4.78, 5) is 0. The molecule has 0 heterocycles. The first-order valence-electron chi connectivity index (χ1n) is 6.95. The molecule has 2 nitrogen and oxygen atoms in total. The average Bonchev–Trinajstić information content (AvgIpc) is 2.21. The Balaban J connectivity index is 3.72. The van der Waals surface area contributed by atoms with Gasteiger partial charge in [-0.15, -0.1) is 0 Å². The van der Waals surface area contributed by atoms with E-state index in [-0.39, 0.29) is 0 Å². The normalized spacial score (nSPS) is 15.4. The molecule has 98 valence electrons. The maximum absolute atomic E-state index is 5.90. The van der Waals surface area contributed by atoms with Gasteiger partial charge in [0.25, 0.3) is 0 Å². The molecule has 0 aromatic heterocycles. The largest absolute Gasteiger partial charge is 0.377 e. The SMILES string of the molecule is CCCNC(CCC)COC(C)CC(C)C. The Bertz CT molecular complexity index is 148. The molecule has 0 saturated heterocycles. The summed E-state index contributed by atoms with van der Waals surface area (Å²) >= 11 is 0. The number of rotatable bonds is 10. The molecule has 0 aromatic carbocycles. The summed E-state index contributed by atoms with van der Waals surface area (Å²) < 4.78 is 5.90. The van der Waals surface area contributed by atoms with E-state index in [1.54, 1.807) is 0 Å². The van der Waals surface area contributed by atoms with Gasteiger partial charge in [0.2, 0.25) is 0 Å². The standard InChI is InChI=1S/C14H31NO/c1-6-8-14(15-9-7-2)11-16-13(5)10-12(3)4/h12-15H,6-11H2,1-5H3. The molecule has 0 aliphatic carbocycles. The minimum atomic E-state index is 0.391. The number of ether oxygens (including phenoxy) is 1. The van der Waals surface area contributed by atoms with Crippen LogP contribution in [0.4, 0.5) is 0 Å². The lowest BCUT2D eigenvalue weighted by atomic mass is 10.1. The molecule has 0 bridgehead atoms. The van der Waals surface area contributed by atoms with Crippen molar-refractivity contribution in [3.63, 3.8) is 0 Å². The van der Waals surface area contributed by atoms with Gasteiger partial charge in [-0.25, -0.2) is 0 Å². The third-order valence-corrected chi connectivity index (χ3v) is 2.71. The van der Waals surface area contributed by atoms with Crippen LogP contribution in [0.25, 0.3) is 0 Å². The van der Waals surface area contributed by atoms with E-state index in [1.165, 1.54) is 19.3 Å². The van der Waals surface area contributed by atoms with E-state index in [9.17, 15) is 0 Å². The molecule has 2 atom stereocenters. The van der Waals surface area contributed by atoms with Crippen LogP contribution < -0.4 is 5.32 Å². The van der Waals surface area contributed by atoms with Gasteiger partial charge in [0.15, 0.2) is 0 Å². The van der Waals surface area contributed by atoms with Crippen molar-refractivity contribution in [3.05, 3.63) is 0 Å². The summed E-state index contributed by atoms with van der Waals surface area (Å²) in [7, 11) is 0. The van der Waals surface area contributed by atoms with Gasteiger partial charge >= 0.3 is 0 Å². The van der Waals surface area contributed by atoms with Gasteiger partial charge in [-0.2, -0.15) is 0 Å². The first-order chi connectivity index (χ1) is 7.60. The van der Waals surface area contributed by atoms with E-state index in [4.69, 9.17) is 4.74 Å². The molecule has 0 rings (SSSR count). The lowest BCUT2D eigenvalue weighted by molar-refractivity contribution is 0.0358. The molecule has 0 amide bonds. The van der Waals surface area contributed by atoms with Gasteiger partial charge in [-0.05, 0) is 38.6 Å². The Hall–Kier alpha value is -0.0800. The van der Waals surface area contributed by atoms with Gasteiger partial charge in [0.1, 0.15) is 0 Å². The Labute approximate surface area is 102 Å². The second-order valence-electron chi connectivity index (χ2n) is 5.21. The van der Waals surface area contributed by atoms with Crippen LogP contribution in [-0.2, 0) is 4.74 Å². The Morgan fingerprint density at radius 1 is 1.06 bits per heavy atom. The first kappa shape index (κ1) is 15.9. The van der Waals surface area contributed by atoms with Gasteiger partial charge < -0.3 is 10.1 Å². The van der Waals surface area contributed by atoms with E-state index in [0.29, 0.717) is 12.1 Å². The zero-order valence-corrected chi connectivity index (χ0v) is 11.9. The summed E-state index contributed by atoms with van der Waals surface area (Å²) in [6.45, 7) is 13.1. The second kappa shape index (κ2) is 10.1. The summed E-state index contributed by atoms with van der Waals surface area (Å²) in [5, 5.41) is 3.55. The molecule has 2 heteroatoms. The molecule has 0 saturated carbocycles. The first-order valence-corrected chi connectivity index (χ1v) is 6.95. The zero-order valence-electron chi connectivity index (χ0n) is 11.9. The van der Waals surface area contributed by atoms with Crippen LogP contribution in [0, 0.1) is 5.92 Å². The highest BCUT2D eigenvalue weighted by atomic mass is 16.5. The van der Waals surface area contributed by atoms with Crippen LogP contribution in [0.15, 0.2) is 0 Å². The zero-order chi connectivity index (χ0) is 12.4. The molecule has 16 heavy (non-hydrogen) atoms. The smallest absolute Gasteiger partial charge is 0.0623 e. The van der Waals surface area contributed by atoms with E-state index in [2.05, 4.69) is 39.9 Å². The predicted octanol–water partition coefficient (Wildman–Crippen LogP) is 3.61. The van der Waals surface area contributed by atoms with Gasteiger partial charge in [-0.3, -0.25) is 0 Å². The number of hydrogen-bond acceptors (Lipinski definition) is 2. The topological polar surface area (TPSA) is 21.3 Å². The predicted molar refractivity (Wildman–Crippen MR) is 71.9 cm³/mol. The Morgan fingerprint density at radius 2 is 1.75 bits per heavy atom. The second-order valence-corrected chi connectivity index (χ2v) is 5.21. The van der Waals surface area contributed by atoms with Crippen molar-refractivity contribution in [2.75, 3.05) is 13.2 Å². The van der Waals surface area contributed by atoms with Crippen LogP contribution in [0.5, 0.6) is 0 Å². The summed E-state index contributed by atoms with van der Waals surface area (Å²) in [5.41, 5.74) is 0. The molecule has 2 unspecified atom stereocenters.